The van der Waals surface area contributed by atoms with Gasteiger partial charge >= 0.3 is 0 Å². The lowest BCUT2D eigenvalue weighted by atomic mass is 9.95. The minimum Gasteiger partial charge on any atom is -0.351 e. The summed E-state index contributed by atoms with van der Waals surface area (Å²) in [7, 11) is 0. The maximum Gasteiger partial charge on any atom is 0.271 e. The summed E-state index contributed by atoms with van der Waals surface area (Å²) in [5.74, 6) is -0.416. The van der Waals surface area contributed by atoms with Crippen LogP contribution in [0.2, 0.25) is 5.02 Å². The zero-order chi connectivity index (χ0) is 19.6. The molecule has 3 N–H and O–H groups in total. The zero-order valence-electron chi connectivity index (χ0n) is 14.2. The molecule has 0 bridgehead atoms. The fourth-order valence-corrected chi connectivity index (χ4v) is 3.35. The van der Waals surface area contributed by atoms with E-state index < -0.39 is 16.9 Å². The Morgan fingerprint density at radius 2 is 2.00 bits per heavy atom. The number of nitro groups is 1. The summed E-state index contributed by atoms with van der Waals surface area (Å²) in [5.41, 5.74) is 1.88. The van der Waals surface area contributed by atoms with Crippen LogP contribution in [0.5, 0.6) is 0 Å². The molecule has 7 nitrogen and oxygen atoms in total. The van der Waals surface area contributed by atoms with Crippen molar-refractivity contribution >= 4 is 46.2 Å². The second kappa shape index (κ2) is 7.73. The first-order valence-corrected chi connectivity index (χ1v) is 8.74. The van der Waals surface area contributed by atoms with Crippen molar-refractivity contribution in [3.8, 4) is 0 Å². The molecule has 3 rings (SSSR count). The van der Waals surface area contributed by atoms with Crippen molar-refractivity contribution in [2.24, 2.45) is 0 Å². The standard InChI is InChI=1S/C18H15ClN4O3S/c1-10-15(17(24)21-11-5-4-6-12(9-11)23(25)26)16(22-18(27)20-10)13-7-2-3-8-14(13)19/h2-9,16H,1H3,(H,21,24)(H2,20,22,27). The van der Waals surface area contributed by atoms with E-state index in [1.165, 1.54) is 18.2 Å². The summed E-state index contributed by atoms with van der Waals surface area (Å²) < 4.78 is 0. The lowest BCUT2D eigenvalue weighted by molar-refractivity contribution is -0.384. The zero-order valence-corrected chi connectivity index (χ0v) is 15.7. The number of allylic oxidation sites excluding steroid dienone is 1. The van der Waals surface area contributed by atoms with E-state index in [0.717, 1.165) is 0 Å². The molecule has 1 aliphatic heterocycles. The molecule has 0 saturated heterocycles. The van der Waals surface area contributed by atoms with Crippen LogP contribution in [-0.4, -0.2) is 15.9 Å². The molecule has 1 aliphatic rings. The van der Waals surface area contributed by atoms with Crippen molar-refractivity contribution in [1.29, 1.82) is 0 Å². The van der Waals surface area contributed by atoms with Gasteiger partial charge in [-0.25, -0.2) is 0 Å². The van der Waals surface area contributed by atoms with Crippen LogP contribution in [0, 0.1) is 10.1 Å². The molecule has 0 radical (unpaired) electrons. The molecule has 2 aromatic carbocycles. The SMILES string of the molecule is CC1=C(C(=O)Nc2cccc([N+](=O)[O-])c2)C(c2ccccc2Cl)NC(=S)N1. The summed E-state index contributed by atoms with van der Waals surface area (Å²) in [4.78, 5) is 23.4. The number of rotatable bonds is 4. The number of carbonyl (C=O) groups is 1. The van der Waals surface area contributed by atoms with Gasteiger partial charge in [-0.05, 0) is 36.8 Å². The van der Waals surface area contributed by atoms with E-state index in [1.54, 1.807) is 25.1 Å². The van der Waals surface area contributed by atoms with Crippen LogP contribution < -0.4 is 16.0 Å². The maximum absolute atomic E-state index is 13.0. The number of hydrogen-bond donors (Lipinski definition) is 3. The van der Waals surface area contributed by atoms with Crippen LogP contribution in [0.4, 0.5) is 11.4 Å². The number of anilines is 1. The van der Waals surface area contributed by atoms with Crippen molar-refractivity contribution in [1.82, 2.24) is 10.6 Å². The average molecular weight is 403 g/mol. The molecular formula is C18H15ClN4O3S. The predicted molar refractivity (Wildman–Crippen MR) is 107 cm³/mol. The molecule has 9 heteroatoms. The van der Waals surface area contributed by atoms with E-state index in [2.05, 4.69) is 16.0 Å². The molecule has 0 aliphatic carbocycles. The molecule has 0 aromatic heterocycles. The van der Waals surface area contributed by atoms with E-state index in [1.807, 2.05) is 12.1 Å². The molecule has 2 aromatic rings. The third-order valence-electron chi connectivity index (χ3n) is 4.04. The van der Waals surface area contributed by atoms with Gasteiger partial charge in [-0.1, -0.05) is 35.9 Å². The van der Waals surface area contributed by atoms with Crippen LogP contribution in [0.1, 0.15) is 18.5 Å². The second-order valence-electron chi connectivity index (χ2n) is 5.85. The van der Waals surface area contributed by atoms with Crippen molar-refractivity contribution < 1.29 is 9.72 Å². The third kappa shape index (κ3) is 4.07. The summed E-state index contributed by atoms with van der Waals surface area (Å²) in [5, 5.41) is 20.5. The lowest BCUT2D eigenvalue weighted by Crippen LogP contribution is -2.45. The second-order valence-corrected chi connectivity index (χ2v) is 6.67. The van der Waals surface area contributed by atoms with Crippen LogP contribution in [0.15, 0.2) is 59.8 Å². The highest BCUT2D eigenvalue weighted by molar-refractivity contribution is 7.80. The van der Waals surface area contributed by atoms with Crippen LogP contribution in [0.25, 0.3) is 0 Å². The van der Waals surface area contributed by atoms with Gasteiger partial charge in [0.2, 0.25) is 0 Å². The van der Waals surface area contributed by atoms with Crippen LogP contribution >= 0.6 is 23.8 Å². The number of halogens is 1. The first-order chi connectivity index (χ1) is 12.9. The highest BCUT2D eigenvalue weighted by atomic mass is 35.5. The van der Waals surface area contributed by atoms with Gasteiger partial charge in [0.05, 0.1) is 16.5 Å². The minimum absolute atomic E-state index is 0.109. The molecule has 0 saturated carbocycles. The minimum atomic E-state index is -0.550. The van der Waals surface area contributed by atoms with Crippen molar-refractivity contribution in [2.45, 2.75) is 13.0 Å². The number of hydrogen-bond acceptors (Lipinski definition) is 4. The number of nitrogens with zero attached hydrogens (tertiary/aromatic N) is 1. The molecule has 1 atom stereocenters. The molecule has 0 spiro atoms. The maximum atomic E-state index is 13.0. The van der Waals surface area contributed by atoms with E-state index in [4.69, 9.17) is 23.8 Å². The number of nitrogens with one attached hydrogen (secondary N) is 3. The van der Waals surface area contributed by atoms with Crippen molar-refractivity contribution in [3.63, 3.8) is 0 Å². The first-order valence-electron chi connectivity index (χ1n) is 7.95. The Morgan fingerprint density at radius 1 is 1.26 bits per heavy atom. The normalized spacial score (nSPS) is 16.4. The number of non-ortho nitro benzene ring substituents is 1. The largest absolute Gasteiger partial charge is 0.351 e. The van der Waals surface area contributed by atoms with Gasteiger partial charge in [0.25, 0.3) is 11.6 Å². The van der Waals surface area contributed by atoms with Gasteiger partial charge < -0.3 is 16.0 Å². The van der Waals surface area contributed by atoms with Crippen molar-refractivity contribution in [2.75, 3.05) is 5.32 Å². The van der Waals surface area contributed by atoms with Gasteiger partial charge in [-0.3, -0.25) is 14.9 Å². The Bertz CT molecular complexity index is 977. The number of carbonyl (C=O) groups excluding carboxylic acids is 1. The predicted octanol–water partition coefficient (Wildman–Crippen LogP) is 3.68. The van der Waals surface area contributed by atoms with Gasteiger partial charge in [0.15, 0.2) is 5.11 Å². The topological polar surface area (TPSA) is 96.3 Å². The summed E-state index contributed by atoms with van der Waals surface area (Å²) >= 11 is 11.5. The molecule has 1 unspecified atom stereocenters. The number of benzene rings is 2. The average Bonchev–Trinajstić information content (AvgIpc) is 2.61. The number of amides is 1. The van der Waals surface area contributed by atoms with E-state index in [9.17, 15) is 14.9 Å². The number of nitro benzene ring substituents is 1. The van der Waals surface area contributed by atoms with E-state index in [-0.39, 0.29) is 5.69 Å². The Morgan fingerprint density at radius 3 is 2.70 bits per heavy atom. The first kappa shape index (κ1) is 18.8. The van der Waals surface area contributed by atoms with Crippen LogP contribution in [0.3, 0.4) is 0 Å². The molecule has 1 heterocycles. The molecule has 138 valence electrons. The Balaban J connectivity index is 1.96. The summed E-state index contributed by atoms with van der Waals surface area (Å²) in [6.07, 6.45) is 0. The van der Waals surface area contributed by atoms with E-state index >= 15 is 0 Å². The third-order valence-corrected chi connectivity index (χ3v) is 4.61. The van der Waals surface area contributed by atoms with Gasteiger partial charge in [-0.15, -0.1) is 0 Å². The fourth-order valence-electron chi connectivity index (χ4n) is 2.83. The monoisotopic (exact) mass is 402 g/mol. The molecular weight excluding hydrogens is 388 g/mol. The Hall–Kier alpha value is -2.97. The highest BCUT2D eigenvalue weighted by Crippen LogP contribution is 2.32. The lowest BCUT2D eigenvalue weighted by Gasteiger charge is -2.30. The smallest absolute Gasteiger partial charge is 0.271 e. The Labute approximate surface area is 165 Å². The molecule has 0 fully saturated rings. The number of thiocarbonyl (C=S) groups is 1. The molecule has 1 amide bonds. The van der Waals surface area contributed by atoms with Crippen LogP contribution in [-0.2, 0) is 4.79 Å². The quantitative estimate of drug-likeness (QED) is 0.410. The van der Waals surface area contributed by atoms with E-state index in [0.29, 0.717) is 32.7 Å². The highest BCUT2D eigenvalue weighted by Gasteiger charge is 2.31. The van der Waals surface area contributed by atoms with Gasteiger partial charge in [0.1, 0.15) is 0 Å². The Kier molecular flexibility index (Phi) is 5.38. The summed E-state index contributed by atoms with van der Waals surface area (Å²) in [6.45, 7) is 1.74. The molecule has 27 heavy (non-hydrogen) atoms. The van der Waals surface area contributed by atoms with Crippen molar-refractivity contribution in [3.05, 3.63) is 80.5 Å². The fraction of sp³-hybridized carbons (Fsp3) is 0.111. The van der Waals surface area contributed by atoms with Gasteiger partial charge in [0, 0.05) is 28.5 Å². The van der Waals surface area contributed by atoms with Gasteiger partial charge in [-0.2, -0.15) is 0 Å². The summed E-state index contributed by atoms with van der Waals surface area (Å²) in [6, 6.07) is 12.3.